The molecule has 0 radical (unpaired) electrons. The Balaban J connectivity index is 1.95. The Morgan fingerprint density at radius 3 is 2.58 bits per heavy atom. The zero-order valence-corrected chi connectivity index (χ0v) is 10.4. The highest BCUT2D eigenvalue weighted by atomic mass is 19.1. The van der Waals surface area contributed by atoms with Crippen molar-refractivity contribution in [3.63, 3.8) is 0 Å². The van der Waals surface area contributed by atoms with Gasteiger partial charge in [-0.05, 0) is 29.8 Å². The van der Waals surface area contributed by atoms with Crippen LogP contribution < -0.4 is 10.1 Å². The molecular weight excluding hydrogens is 247 g/mol. The number of ether oxygens (including phenoxy) is 1. The molecule has 5 heteroatoms. The van der Waals surface area contributed by atoms with Gasteiger partial charge >= 0.3 is 0 Å². The first-order valence-corrected chi connectivity index (χ1v) is 5.72. The Labute approximate surface area is 110 Å². The molecule has 1 heterocycles. The molecule has 0 unspecified atom stereocenters. The van der Waals surface area contributed by atoms with E-state index in [-0.39, 0.29) is 12.3 Å². The van der Waals surface area contributed by atoms with Crippen LogP contribution in [0.1, 0.15) is 5.56 Å². The van der Waals surface area contributed by atoms with Gasteiger partial charge in [0.1, 0.15) is 17.4 Å². The lowest BCUT2D eigenvalue weighted by molar-refractivity contribution is -0.115. The lowest BCUT2D eigenvalue weighted by atomic mass is 10.1. The predicted octanol–water partition coefficient (Wildman–Crippen LogP) is 2.41. The Morgan fingerprint density at radius 1 is 1.26 bits per heavy atom. The van der Waals surface area contributed by atoms with Crippen molar-refractivity contribution in [3.05, 3.63) is 54.0 Å². The molecule has 2 aromatic rings. The second kappa shape index (κ2) is 5.95. The zero-order valence-electron chi connectivity index (χ0n) is 10.4. The van der Waals surface area contributed by atoms with Crippen LogP contribution in [0, 0.1) is 5.82 Å². The Hall–Kier alpha value is -2.43. The topological polar surface area (TPSA) is 51.2 Å². The number of amides is 1. The maximum atomic E-state index is 12.7. The fourth-order valence-corrected chi connectivity index (χ4v) is 1.57. The number of carbonyl (C=O) groups is 1. The van der Waals surface area contributed by atoms with Crippen molar-refractivity contribution >= 4 is 11.7 Å². The number of rotatable bonds is 4. The van der Waals surface area contributed by atoms with E-state index in [0.717, 1.165) is 17.5 Å². The van der Waals surface area contributed by atoms with Gasteiger partial charge in [-0.3, -0.25) is 4.79 Å². The van der Waals surface area contributed by atoms with E-state index >= 15 is 0 Å². The molecule has 0 spiro atoms. The first-order valence-electron chi connectivity index (χ1n) is 5.72. The van der Waals surface area contributed by atoms with E-state index < -0.39 is 5.82 Å². The molecule has 0 aliphatic rings. The van der Waals surface area contributed by atoms with E-state index in [1.165, 1.54) is 12.1 Å². The van der Waals surface area contributed by atoms with Crippen molar-refractivity contribution in [2.75, 3.05) is 12.4 Å². The minimum Gasteiger partial charge on any atom is -0.497 e. The van der Waals surface area contributed by atoms with Crippen LogP contribution in [0.15, 0.2) is 42.6 Å². The van der Waals surface area contributed by atoms with Gasteiger partial charge in [0.15, 0.2) is 0 Å². The molecule has 1 amide bonds. The molecule has 0 atom stereocenters. The van der Waals surface area contributed by atoms with E-state index in [4.69, 9.17) is 4.74 Å². The number of nitrogens with zero attached hydrogens (tertiary/aromatic N) is 1. The SMILES string of the molecule is COc1ccc(CC(=O)Nc2ccc(F)cn2)cc1. The van der Waals surface area contributed by atoms with Gasteiger partial charge in [0.25, 0.3) is 0 Å². The Bertz CT molecular complexity index is 553. The number of anilines is 1. The molecule has 4 nitrogen and oxygen atoms in total. The minimum atomic E-state index is -0.437. The summed E-state index contributed by atoms with van der Waals surface area (Å²) in [5.41, 5.74) is 0.861. The quantitative estimate of drug-likeness (QED) is 0.918. The molecule has 2 rings (SSSR count). The summed E-state index contributed by atoms with van der Waals surface area (Å²) < 4.78 is 17.7. The molecule has 1 aromatic carbocycles. The van der Waals surface area contributed by atoms with E-state index in [1.54, 1.807) is 19.2 Å². The van der Waals surface area contributed by atoms with E-state index in [2.05, 4.69) is 10.3 Å². The highest BCUT2D eigenvalue weighted by molar-refractivity contribution is 5.91. The number of aromatic nitrogens is 1. The summed E-state index contributed by atoms with van der Waals surface area (Å²) in [6, 6.07) is 9.88. The van der Waals surface area contributed by atoms with Crippen molar-refractivity contribution < 1.29 is 13.9 Å². The van der Waals surface area contributed by atoms with Crippen LogP contribution in [0.3, 0.4) is 0 Å². The van der Waals surface area contributed by atoms with Crippen LogP contribution in [0.2, 0.25) is 0 Å². The number of nitrogens with one attached hydrogen (secondary N) is 1. The van der Waals surface area contributed by atoms with Crippen molar-refractivity contribution in [3.8, 4) is 5.75 Å². The molecule has 1 aromatic heterocycles. The summed E-state index contributed by atoms with van der Waals surface area (Å²) in [5, 5.41) is 2.60. The van der Waals surface area contributed by atoms with E-state index in [9.17, 15) is 9.18 Å². The van der Waals surface area contributed by atoms with Crippen molar-refractivity contribution in [1.82, 2.24) is 4.98 Å². The van der Waals surface area contributed by atoms with E-state index in [1.807, 2.05) is 12.1 Å². The molecule has 0 aliphatic carbocycles. The van der Waals surface area contributed by atoms with Crippen LogP contribution >= 0.6 is 0 Å². The number of carbonyl (C=O) groups excluding carboxylic acids is 1. The normalized spacial score (nSPS) is 10.0. The first-order chi connectivity index (χ1) is 9.17. The van der Waals surface area contributed by atoms with Crippen LogP contribution in [0.25, 0.3) is 0 Å². The third-order valence-corrected chi connectivity index (χ3v) is 2.52. The third-order valence-electron chi connectivity index (χ3n) is 2.52. The highest BCUT2D eigenvalue weighted by Gasteiger charge is 2.05. The number of hydrogen-bond donors (Lipinski definition) is 1. The molecular formula is C14H13FN2O2. The molecule has 0 fully saturated rings. The summed E-state index contributed by atoms with van der Waals surface area (Å²) in [4.78, 5) is 15.5. The number of pyridine rings is 1. The smallest absolute Gasteiger partial charge is 0.229 e. The number of hydrogen-bond acceptors (Lipinski definition) is 3. The fourth-order valence-electron chi connectivity index (χ4n) is 1.57. The monoisotopic (exact) mass is 260 g/mol. The average molecular weight is 260 g/mol. The minimum absolute atomic E-state index is 0.204. The molecule has 0 bridgehead atoms. The lowest BCUT2D eigenvalue weighted by Gasteiger charge is -2.05. The summed E-state index contributed by atoms with van der Waals surface area (Å²) >= 11 is 0. The lowest BCUT2D eigenvalue weighted by Crippen LogP contribution is -2.15. The second-order valence-corrected chi connectivity index (χ2v) is 3.93. The van der Waals surface area contributed by atoms with Gasteiger partial charge in [0.2, 0.25) is 5.91 Å². The molecule has 0 saturated heterocycles. The van der Waals surface area contributed by atoms with Crippen molar-refractivity contribution in [2.24, 2.45) is 0 Å². The number of benzene rings is 1. The fraction of sp³-hybridized carbons (Fsp3) is 0.143. The maximum Gasteiger partial charge on any atom is 0.229 e. The van der Waals surface area contributed by atoms with Gasteiger partial charge < -0.3 is 10.1 Å². The van der Waals surface area contributed by atoms with E-state index in [0.29, 0.717) is 5.82 Å². The first kappa shape index (κ1) is 13.0. The highest BCUT2D eigenvalue weighted by Crippen LogP contribution is 2.12. The zero-order chi connectivity index (χ0) is 13.7. The summed E-state index contributed by atoms with van der Waals surface area (Å²) in [6.45, 7) is 0. The second-order valence-electron chi connectivity index (χ2n) is 3.93. The van der Waals surface area contributed by atoms with Crippen molar-refractivity contribution in [2.45, 2.75) is 6.42 Å². The maximum absolute atomic E-state index is 12.7. The number of methoxy groups -OCH3 is 1. The molecule has 1 N–H and O–H groups in total. The molecule has 0 saturated carbocycles. The Morgan fingerprint density at radius 2 is 2.00 bits per heavy atom. The summed E-state index contributed by atoms with van der Waals surface area (Å²) in [5.74, 6) is 0.432. The average Bonchev–Trinajstić information content (AvgIpc) is 2.42. The van der Waals surface area contributed by atoms with Crippen LogP contribution in [-0.4, -0.2) is 18.0 Å². The van der Waals surface area contributed by atoms with Gasteiger partial charge in [-0.2, -0.15) is 0 Å². The van der Waals surface area contributed by atoms with Gasteiger partial charge in [0, 0.05) is 0 Å². The molecule has 98 valence electrons. The van der Waals surface area contributed by atoms with Crippen LogP contribution in [0.5, 0.6) is 5.75 Å². The Kier molecular flexibility index (Phi) is 4.07. The predicted molar refractivity (Wildman–Crippen MR) is 69.5 cm³/mol. The van der Waals surface area contributed by atoms with Gasteiger partial charge in [-0.15, -0.1) is 0 Å². The van der Waals surface area contributed by atoms with Gasteiger partial charge in [0.05, 0.1) is 19.7 Å². The standard InChI is InChI=1S/C14H13FN2O2/c1-19-12-5-2-10(3-6-12)8-14(18)17-13-7-4-11(15)9-16-13/h2-7,9H,8H2,1H3,(H,16,17,18). The van der Waals surface area contributed by atoms with Crippen LogP contribution in [-0.2, 0) is 11.2 Å². The summed E-state index contributed by atoms with van der Waals surface area (Å²) in [7, 11) is 1.59. The van der Waals surface area contributed by atoms with Gasteiger partial charge in [-0.1, -0.05) is 12.1 Å². The van der Waals surface area contributed by atoms with Crippen LogP contribution in [0.4, 0.5) is 10.2 Å². The third kappa shape index (κ3) is 3.77. The molecule has 19 heavy (non-hydrogen) atoms. The largest absolute Gasteiger partial charge is 0.497 e. The van der Waals surface area contributed by atoms with Gasteiger partial charge in [-0.25, -0.2) is 9.37 Å². The molecule has 0 aliphatic heterocycles. The van der Waals surface area contributed by atoms with Crippen molar-refractivity contribution in [1.29, 1.82) is 0 Å². The number of halogens is 1. The summed E-state index contributed by atoms with van der Waals surface area (Å²) in [6.07, 6.45) is 1.28.